The Balaban J connectivity index is 1.74. The van der Waals surface area contributed by atoms with Crippen molar-refractivity contribution in [1.29, 1.82) is 0 Å². The summed E-state index contributed by atoms with van der Waals surface area (Å²) in [6.07, 6.45) is 0.0946. The summed E-state index contributed by atoms with van der Waals surface area (Å²) < 4.78 is 70.5. The Labute approximate surface area is 148 Å². The molecule has 0 aromatic heterocycles. The highest BCUT2D eigenvalue weighted by molar-refractivity contribution is 5.64. The highest BCUT2D eigenvalue weighted by atomic mass is 19.2. The molecule has 1 aliphatic rings. The second-order valence-electron chi connectivity index (χ2n) is 6.14. The minimum Gasteiger partial charge on any atom is -0.385 e. The van der Waals surface area contributed by atoms with Gasteiger partial charge in [-0.1, -0.05) is 12.1 Å². The normalized spacial score (nSPS) is 20.3. The first-order valence-corrected chi connectivity index (χ1v) is 8.16. The fraction of sp³-hybridized carbons (Fsp3) is 0.368. The molecule has 0 aliphatic carbocycles. The molecule has 0 unspecified atom stereocenters. The SMILES string of the molecule is COCCC1COC(c2ccc(-c3cc(F)c(F)c(F)c3)c(F)c2)OC1. The third kappa shape index (κ3) is 4.06. The number of methoxy groups -OCH3 is 1. The number of halogens is 4. The van der Waals surface area contributed by atoms with Crippen LogP contribution in [0.1, 0.15) is 18.3 Å². The average molecular weight is 370 g/mol. The molecule has 26 heavy (non-hydrogen) atoms. The zero-order valence-electron chi connectivity index (χ0n) is 14.1. The maximum atomic E-state index is 14.4. The van der Waals surface area contributed by atoms with Crippen molar-refractivity contribution in [2.24, 2.45) is 5.92 Å². The maximum Gasteiger partial charge on any atom is 0.194 e. The fourth-order valence-electron chi connectivity index (χ4n) is 2.81. The highest BCUT2D eigenvalue weighted by Gasteiger charge is 2.24. The Kier molecular flexibility index (Phi) is 5.90. The van der Waals surface area contributed by atoms with E-state index < -0.39 is 29.6 Å². The van der Waals surface area contributed by atoms with Gasteiger partial charge in [-0.15, -0.1) is 0 Å². The third-order valence-corrected chi connectivity index (χ3v) is 4.26. The van der Waals surface area contributed by atoms with E-state index in [2.05, 4.69) is 0 Å². The Morgan fingerprint density at radius 1 is 0.962 bits per heavy atom. The van der Waals surface area contributed by atoms with E-state index in [0.717, 1.165) is 18.6 Å². The van der Waals surface area contributed by atoms with Crippen molar-refractivity contribution < 1.29 is 31.8 Å². The maximum absolute atomic E-state index is 14.4. The second kappa shape index (κ2) is 8.16. The summed E-state index contributed by atoms with van der Waals surface area (Å²) in [5, 5.41) is 0. The predicted octanol–water partition coefficient (Wildman–Crippen LogP) is 4.61. The van der Waals surface area contributed by atoms with Gasteiger partial charge in [0.05, 0.1) is 13.2 Å². The summed E-state index contributed by atoms with van der Waals surface area (Å²) in [6.45, 7) is 1.54. The smallest absolute Gasteiger partial charge is 0.194 e. The van der Waals surface area contributed by atoms with Gasteiger partial charge in [-0.05, 0) is 30.2 Å². The number of benzene rings is 2. The largest absolute Gasteiger partial charge is 0.385 e. The van der Waals surface area contributed by atoms with Gasteiger partial charge in [-0.2, -0.15) is 0 Å². The molecule has 0 spiro atoms. The molecular formula is C19H18F4O3. The molecule has 0 radical (unpaired) electrons. The summed E-state index contributed by atoms with van der Waals surface area (Å²) in [5.41, 5.74) is 0.329. The molecule has 0 amide bonds. The Morgan fingerprint density at radius 3 is 2.19 bits per heavy atom. The van der Waals surface area contributed by atoms with Gasteiger partial charge in [0.1, 0.15) is 5.82 Å². The third-order valence-electron chi connectivity index (χ3n) is 4.26. The van der Waals surface area contributed by atoms with Gasteiger partial charge in [0.15, 0.2) is 23.7 Å². The van der Waals surface area contributed by atoms with E-state index in [1.54, 1.807) is 13.2 Å². The van der Waals surface area contributed by atoms with Crippen LogP contribution in [0.25, 0.3) is 11.1 Å². The number of hydrogen-bond acceptors (Lipinski definition) is 3. The van der Waals surface area contributed by atoms with E-state index in [0.29, 0.717) is 25.4 Å². The molecular weight excluding hydrogens is 352 g/mol. The molecule has 0 atom stereocenters. The van der Waals surface area contributed by atoms with E-state index >= 15 is 0 Å². The van der Waals surface area contributed by atoms with Crippen LogP contribution in [0, 0.1) is 29.2 Å². The van der Waals surface area contributed by atoms with Gasteiger partial charge in [-0.25, -0.2) is 17.6 Å². The van der Waals surface area contributed by atoms with Crippen LogP contribution >= 0.6 is 0 Å². The van der Waals surface area contributed by atoms with Crippen LogP contribution in [0.4, 0.5) is 17.6 Å². The van der Waals surface area contributed by atoms with Crippen LogP contribution in [0.5, 0.6) is 0 Å². The molecule has 1 aliphatic heterocycles. The first kappa shape index (κ1) is 18.8. The zero-order valence-corrected chi connectivity index (χ0v) is 14.1. The molecule has 1 saturated heterocycles. The van der Waals surface area contributed by atoms with Gasteiger partial charge >= 0.3 is 0 Å². The monoisotopic (exact) mass is 370 g/mol. The quantitative estimate of drug-likeness (QED) is 0.568. The Morgan fingerprint density at radius 2 is 1.62 bits per heavy atom. The predicted molar refractivity (Wildman–Crippen MR) is 86.3 cm³/mol. The van der Waals surface area contributed by atoms with Crippen LogP contribution in [-0.4, -0.2) is 26.9 Å². The van der Waals surface area contributed by atoms with Crippen LogP contribution in [0.15, 0.2) is 30.3 Å². The topological polar surface area (TPSA) is 27.7 Å². The first-order valence-electron chi connectivity index (χ1n) is 8.16. The minimum atomic E-state index is -1.59. The first-order chi connectivity index (χ1) is 12.5. The van der Waals surface area contributed by atoms with Gasteiger partial charge in [-0.3, -0.25) is 0 Å². The van der Waals surface area contributed by atoms with Crippen molar-refractivity contribution in [3.05, 3.63) is 59.2 Å². The van der Waals surface area contributed by atoms with Gasteiger partial charge in [0.2, 0.25) is 0 Å². The highest BCUT2D eigenvalue weighted by Crippen LogP contribution is 2.31. The van der Waals surface area contributed by atoms with Gasteiger partial charge in [0, 0.05) is 30.8 Å². The molecule has 1 fully saturated rings. The van der Waals surface area contributed by atoms with Crippen molar-refractivity contribution >= 4 is 0 Å². The van der Waals surface area contributed by atoms with Crippen molar-refractivity contribution in [3.63, 3.8) is 0 Å². The van der Waals surface area contributed by atoms with Crippen LogP contribution in [0.2, 0.25) is 0 Å². The van der Waals surface area contributed by atoms with Gasteiger partial charge in [0.25, 0.3) is 0 Å². The summed E-state index contributed by atoms with van der Waals surface area (Å²) in [7, 11) is 1.62. The molecule has 0 bridgehead atoms. The van der Waals surface area contributed by atoms with E-state index in [-0.39, 0.29) is 17.0 Å². The van der Waals surface area contributed by atoms with Crippen molar-refractivity contribution in [2.45, 2.75) is 12.7 Å². The summed E-state index contributed by atoms with van der Waals surface area (Å²) in [4.78, 5) is 0. The standard InChI is InChI=1S/C19H18F4O3/c1-24-5-4-11-9-25-19(26-10-11)12-2-3-14(15(20)6-12)13-7-16(21)18(23)17(22)8-13/h2-3,6-8,11,19H,4-5,9-10H2,1H3. The van der Waals surface area contributed by atoms with Crippen LogP contribution in [-0.2, 0) is 14.2 Å². The summed E-state index contributed by atoms with van der Waals surface area (Å²) in [6, 6.07) is 5.61. The Hall–Kier alpha value is -1.96. The minimum absolute atomic E-state index is 0.0414. The Bertz CT molecular complexity index is 750. The molecule has 1 heterocycles. The van der Waals surface area contributed by atoms with E-state index in [1.165, 1.54) is 12.1 Å². The van der Waals surface area contributed by atoms with Crippen molar-refractivity contribution in [2.75, 3.05) is 26.9 Å². The molecule has 3 nitrogen and oxygen atoms in total. The lowest BCUT2D eigenvalue weighted by Crippen LogP contribution is -2.28. The number of ether oxygens (including phenoxy) is 3. The summed E-state index contributed by atoms with van der Waals surface area (Å²) in [5.74, 6) is -4.83. The average Bonchev–Trinajstić information content (AvgIpc) is 2.64. The molecule has 0 saturated carbocycles. The van der Waals surface area contributed by atoms with E-state index in [4.69, 9.17) is 14.2 Å². The molecule has 3 rings (SSSR count). The van der Waals surface area contributed by atoms with Gasteiger partial charge < -0.3 is 14.2 Å². The van der Waals surface area contributed by atoms with E-state index in [1.807, 2.05) is 0 Å². The second-order valence-corrected chi connectivity index (χ2v) is 6.14. The fourth-order valence-corrected chi connectivity index (χ4v) is 2.81. The lowest BCUT2D eigenvalue weighted by molar-refractivity contribution is -0.207. The van der Waals surface area contributed by atoms with Crippen LogP contribution < -0.4 is 0 Å². The molecule has 2 aromatic rings. The summed E-state index contributed by atoms with van der Waals surface area (Å²) >= 11 is 0. The number of rotatable bonds is 5. The molecule has 0 N–H and O–H groups in total. The van der Waals surface area contributed by atoms with E-state index in [9.17, 15) is 17.6 Å². The van der Waals surface area contributed by atoms with Crippen LogP contribution in [0.3, 0.4) is 0 Å². The molecule has 140 valence electrons. The van der Waals surface area contributed by atoms with Crippen molar-refractivity contribution in [1.82, 2.24) is 0 Å². The molecule has 7 heteroatoms. The number of hydrogen-bond donors (Lipinski definition) is 0. The lowest BCUT2D eigenvalue weighted by Gasteiger charge is -2.29. The zero-order chi connectivity index (χ0) is 18.7. The van der Waals surface area contributed by atoms with Crippen molar-refractivity contribution in [3.8, 4) is 11.1 Å². The molecule has 2 aromatic carbocycles. The lowest BCUT2D eigenvalue weighted by atomic mass is 10.0.